The predicted molar refractivity (Wildman–Crippen MR) is 69.5 cm³/mol. The molecule has 2 aromatic heterocycles. The molecule has 90 valence electrons. The van der Waals surface area contributed by atoms with Crippen molar-refractivity contribution < 1.29 is 4.79 Å². The number of carbonyl (C=O) groups is 1. The van der Waals surface area contributed by atoms with Gasteiger partial charge in [-0.3, -0.25) is 4.79 Å². The van der Waals surface area contributed by atoms with Crippen LogP contribution in [0.25, 0.3) is 5.52 Å². The second-order valence-corrected chi connectivity index (χ2v) is 5.22. The number of carbonyl (C=O) groups excluding carboxylic acids is 1. The maximum atomic E-state index is 11.8. The Morgan fingerprint density at radius 3 is 2.53 bits per heavy atom. The lowest BCUT2D eigenvalue weighted by Crippen LogP contribution is -2.22. The SMILES string of the molecule is CNC(=O)c1ccc(C(C)(C)C)c2cccn12. The predicted octanol–water partition coefficient (Wildman–Crippen LogP) is 2.60. The normalized spacial score (nSPS) is 11.8. The molecule has 0 unspecified atom stereocenters. The number of rotatable bonds is 1. The fourth-order valence-electron chi connectivity index (χ4n) is 2.09. The average molecular weight is 230 g/mol. The van der Waals surface area contributed by atoms with Gasteiger partial charge in [-0.15, -0.1) is 0 Å². The fraction of sp³-hybridized carbons (Fsp3) is 0.357. The molecule has 0 aliphatic heterocycles. The van der Waals surface area contributed by atoms with E-state index in [0.29, 0.717) is 5.69 Å². The summed E-state index contributed by atoms with van der Waals surface area (Å²) in [7, 11) is 1.65. The maximum Gasteiger partial charge on any atom is 0.268 e. The van der Waals surface area contributed by atoms with Crippen molar-refractivity contribution in [1.82, 2.24) is 9.72 Å². The Morgan fingerprint density at radius 1 is 1.24 bits per heavy atom. The van der Waals surface area contributed by atoms with E-state index in [-0.39, 0.29) is 11.3 Å². The number of hydrogen-bond donors (Lipinski definition) is 1. The molecule has 3 nitrogen and oxygen atoms in total. The third-order valence-corrected chi connectivity index (χ3v) is 2.96. The summed E-state index contributed by atoms with van der Waals surface area (Å²) >= 11 is 0. The summed E-state index contributed by atoms with van der Waals surface area (Å²) in [5, 5.41) is 2.66. The largest absolute Gasteiger partial charge is 0.354 e. The van der Waals surface area contributed by atoms with E-state index in [0.717, 1.165) is 5.52 Å². The number of amides is 1. The first-order valence-electron chi connectivity index (χ1n) is 5.78. The highest BCUT2D eigenvalue weighted by Gasteiger charge is 2.19. The van der Waals surface area contributed by atoms with Crippen LogP contribution in [0.15, 0.2) is 30.5 Å². The Kier molecular flexibility index (Phi) is 2.69. The lowest BCUT2D eigenvalue weighted by molar-refractivity contribution is 0.0957. The standard InChI is InChI=1S/C14H18N2O/c1-14(2,3)10-7-8-12(13(17)15-4)16-9-5-6-11(10)16/h5-9H,1-4H3,(H,15,17). The summed E-state index contributed by atoms with van der Waals surface area (Å²) < 4.78 is 1.94. The molecule has 2 aromatic rings. The van der Waals surface area contributed by atoms with Crippen LogP contribution in [0.5, 0.6) is 0 Å². The molecule has 0 atom stereocenters. The van der Waals surface area contributed by atoms with Crippen LogP contribution >= 0.6 is 0 Å². The highest BCUT2D eigenvalue weighted by Crippen LogP contribution is 2.27. The van der Waals surface area contributed by atoms with Crippen LogP contribution in [0.4, 0.5) is 0 Å². The molecular weight excluding hydrogens is 212 g/mol. The summed E-state index contributed by atoms with van der Waals surface area (Å²) in [6.07, 6.45) is 1.93. The zero-order valence-corrected chi connectivity index (χ0v) is 10.7. The Hall–Kier alpha value is -1.77. The van der Waals surface area contributed by atoms with E-state index >= 15 is 0 Å². The number of nitrogens with zero attached hydrogens (tertiary/aromatic N) is 1. The van der Waals surface area contributed by atoms with Crippen LogP contribution in [0.3, 0.4) is 0 Å². The van der Waals surface area contributed by atoms with Crippen LogP contribution in [0.2, 0.25) is 0 Å². The van der Waals surface area contributed by atoms with Crippen molar-refractivity contribution >= 4 is 11.4 Å². The molecule has 0 aromatic carbocycles. The van der Waals surface area contributed by atoms with Crippen molar-refractivity contribution in [3.63, 3.8) is 0 Å². The van der Waals surface area contributed by atoms with Gasteiger partial charge in [0.2, 0.25) is 0 Å². The minimum atomic E-state index is -0.0633. The molecule has 0 fully saturated rings. The van der Waals surface area contributed by atoms with Gasteiger partial charge < -0.3 is 9.72 Å². The van der Waals surface area contributed by atoms with Gasteiger partial charge in [-0.2, -0.15) is 0 Å². The van der Waals surface area contributed by atoms with E-state index in [1.165, 1.54) is 5.56 Å². The summed E-state index contributed by atoms with van der Waals surface area (Å²) in [6, 6.07) is 7.94. The molecule has 0 spiro atoms. The first kappa shape index (κ1) is 11.7. The molecule has 1 amide bonds. The first-order chi connectivity index (χ1) is 7.95. The summed E-state index contributed by atoms with van der Waals surface area (Å²) in [6.45, 7) is 6.53. The van der Waals surface area contributed by atoms with E-state index in [1.54, 1.807) is 7.05 Å². The lowest BCUT2D eigenvalue weighted by Gasteiger charge is -2.21. The van der Waals surface area contributed by atoms with Gasteiger partial charge in [0.15, 0.2) is 0 Å². The van der Waals surface area contributed by atoms with Crippen molar-refractivity contribution in [3.05, 3.63) is 41.7 Å². The van der Waals surface area contributed by atoms with Gasteiger partial charge in [0, 0.05) is 18.8 Å². The molecule has 2 heterocycles. The summed E-state index contributed by atoms with van der Waals surface area (Å²) in [5.41, 5.74) is 3.08. The first-order valence-corrected chi connectivity index (χ1v) is 5.78. The van der Waals surface area contributed by atoms with Crippen molar-refractivity contribution in [2.45, 2.75) is 26.2 Å². The Morgan fingerprint density at radius 2 is 1.94 bits per heavy atom. The maximum absolute atomic E-state index is 11.8. The molecule has 3 heteroatoms. The smallest absolute Gasteiger partial charge is 0.268 e. The Labute approximate surface area is 101 Å². The molecule has 2 rings (SSSR count). The topological polar surface area (TPSA) is 33.5 Å². The zero-order valence-electron chi connectivity index (χ0n) is 10.7. The average Bonchev–Trinajstić information content (AvgIpc) is 2.73. The zero-order chi connectivity index (χ0) is 12.6. The lowest BCUT2D eigenvalue weighted by atomic mass is 9.86. The summed E-state index contributed by atoms with van der Waals surface area (Å²) in [5.74, 6) is -0.0633. The van der Waals surface area contributed by atoms with E-state index in [1.807, 2.05) is 34.9 Å². The van der Waals surface area contributed by atoms with Crippen molar-refractivity contribution in [2.24, 2.45) is 0 Å². The third kappa shape index (κ3) is 1.93. The molecule has 0 saturated heterocycles. The van der Waals surface area contributed by atoms with Gasteiger partial charge in [0.05, 0.1) is 0 Å². The minimum Gasteiger partial charge on any atom is -0.354 e. The van der Waals surface area contributed by atoms with Gasteiger partial charge >= 0.3 is 0 Å². The molecule has 17 heavy (non-hydrogen) atoms. The van der Waals surface area contributed by atoms with Crippen molar-refractivity contribution in [2.75, 3.05) is 7.05 Å². The second-order valence-electron chi connectivity index (χ2n) is 5.22. The van der Waals surface area contributed by atoms with Gasteiger partial charge in [0.25, 0.3) is 5.91 Å². The molecule has 0 aliphatic rings. The van der Waals surface area contributed by atoms with Gasteiger partial charge in [0.1, 0.15) is 5.69 Å². The van der Waals surface area contributed by atoms with Crippen LogP contribution in [0.1, 0.15) is 36.8 Å². The van der Waals surface area contributed by atoms with Gasteiger partial charge in [-0.25, -0.2) is 0 Å². The van der Waals surface area contributed by atoms with Crippen LogP contribution in [-0.4, -0.2) is 17.4 Å². The Balaban J connectivity index is 2.71. The molecule has 0 saturated carbocycles. The number of fused-ring (bicyclic) bond motifs is 1. The van der Waals surface area contributed by atoms with E-state index < -0.39 is 0 Å². The molecular formula is C14H18N2O. The number of hydrogen-bond acceptors (Lipinski definition) is 1. The number of nitrogens with one attached hydrogen (secondary N) is 1. The third-order valence-electron chi connectivity index (χ3n) is 2.96. The number of aromatic nitrogens is 1. The summed E-state index contributed by atoms with van der Waals surface area (Å²) in [4.78, 5) is 11.8. The minimum absolute atomic E-state index is 0.0633. The van der Waals surface area contributed by atoms with Crippen LogP contribution < -0.4 is 5.32 Å². The molecule has 0 bridgehead atoms. The van der Waals surface area contributed by atoms with Crippen LogP contribution in [0, 0.1) is 0 Å². The van der Waals surface area contributed by atoms with Crippen molar-refractivity contribution in [1.29, 1.82) is 0 Å². The van der Waals surface area contributed by atoms with E-state index in [4.69, 9.17) is 0 Å². The number of pyridine rings is 1. The highest BCUT2D eigenvalue weighted by atomic mass is 16.1. The van der Waals surface area contributed by atoms with E-state index in [9.17, 15) is 4.79 Å². The van der Waals surface area contributed by atoms with Crippen molar-refractivity contribution in [3.8, 4) is 0 Å². The van der Waals surface area contributed by atoms with Crippen LogP contribution in [-0.2, 0) is 5.41 Å². The highest BCUT2D eigenvalue weighted by molar-refractivity contribution is 5.93. The molecule has 0 aliphatic carbocycles. The van der Waals surface area contributed by atoms with Gasteiger partial charge in [-0.1, -0.05) is 26.8 Å². The molecule has 1 N–H and O–H groups in total. The quantitative estimate of drug-likeness (QED) is 0.802. The monoisotopic (exact) mass is 230 g/mol. The fourth-order valence-corrected chi connectivity index (χ4v) is 2.09. The second kappa shape index (κ2) is 3.91. The molecule has 0 radical (unpaired) electrons. The Bertz CT molecular complexity index is 561. The van der Waals surface area contributed by atoms with Gasteiger partial charge in [-0.05, 0) is 29.2 Å². The van der Waals surface area contributed by atoms with E-state index in [2.05, 4.69) is 26.1 Å².